The second kappa shape index (κ2) is 7.84. The molecule has 0 bridgehead atoms. The van der Waals surface area contributed by atoms with Crippen LogP contribution in [0.3, 0.4) is 0 Å². The third-order valence-electron chi connectivity index (χ3n) is 6.17. The van der Waals surface area contributed by atoms with E-state index >= 15 is 0 Å². The fourth-order valence-electron chi connectivity index (χ4n) is 4.27. The van der Waals surface area contributed by atoms with Crippen LogP contribution < -0.4 is 0 Å². The number of carboxylic acid groups (broad SMARTS) is 1. The van der Waals surface area contributed by atoms with Crippen LogP contribution in [0, 0.1) is 0 Å². The Hall–Kier alpha value is -1.91. The van der Waals surface area contributed by atoms with Gasteiger partial charge in [0.1, 0.15) is 0 Å². The number of nitrogens with zero attached hydrogens (tertiary/aromatic N) is 1. The number of hydrogen-bond donors (Lipinski definition) is 1. The van der Waals surface area contributed by atoms with Gasteiger partial charge in [0.15, 0.2) is 0 Å². The Morgan fingerprint density at radius 2 is 1.93 bits per heavy atom. The molecule has 1 aromatic heterocycles. The van der Waals surface area contributed by atoms with E-state index < -0.39 is 11.4 Å². The fraction of sp³-hybridized carbons (Fsp3) is 0.458. The summed E-state index contributed by atoms with van der Waals surface area (Å²) in [6.07, 6.45) is 8.07. The minimum absolute atomic E-state index is 0.760. The van der Waals surface area contributed by atoms with Crippen molar-refractivity contribution < 1.29 is 9.90 Å². The normalized spacial score (nSPS) is 18.7. The summed E-state index contributed by atoms with van der Waals surface area (Å²) in [5.41, 5.74) is 4.42. The highest BCUT2D eigenvalue weighted by atomic mass is 32.1. The van der Waals surface area contributed by atoms with Crippen LogP contribution in [0.15, 0.2) is 36.4 Å². The van der Waals surface area contributed by atoms with Crippen molar-refractivity contribution in [3.05, 3.63) is 62.9 Å². The maximum atomic E-state index is 11.8. The van der Waals surface area contributed by atoms with Crippen molar-refractivity contribution in [2.45, 2.75) is 51.4 Å². The molecule has 0 atom stereocenters. The first kappa shape index (κ1) is 19.4. The number of thiophene rings is 1. The predicted molar refractivity (Wildman–Crippen MR) is 116 cm³/mol. The van der Waals surface area contributed by atoms with Gasteiger partial charge in [0.05, 0.1) is 5.41 Å². The summed E-state index contributed by atoms with van der Waals surface area (Å²) >= 11 is 1.68. The molecule has 1 aliphatic heterocycles. The smallest absolute Gasteiger partial charge is 0.314 e. The molecule has 1 saturated heterocycles. The topological polar surface area (TPSA) is 40.5 Å². The Balaban J connectivity index is 1.72. The van der Waals surface area contributed by atoms with E-state index in [2.05, 4.69) is 41.3 Å². The summed E-state index contributed by atoms with van der Waals surface area (Å²) in [6, 6.07) is 10.9. The lowest BCUT2D eigenvalue weighted by Crippen LogP contribution is -2.27. The van der Waals surface area contributed by atoms with Gasteiger partial charge in [0, 0.05) is 16.3 Å². The summed E-state index contributed by atoms with van der Waals surface area (Å²) in [6.45, 7) is 7.18. The number of likely N-dealkylation sites (tertiary alicyclic amines) is 1. The number of carboxylic acids is 1. The van der Waals surface area contributed by atoms with E-state index in [1.807, 2.05) is 13.8 Å². The summed E-state index contributed by atoms with van der Waals surface area (Å²) in [5, 5.41) is 9.68. The number of aliphatic carboxylic acids is 1. The second-order valence-corrected chi connectivity index (χ2v) is 9.63. The molecule has 0 spiro atoms. The lowest BCUT2D eigenvalue weighted by molar-refractivity contribution is -0.142. The van der Waals surface area contributed by atoms with E-state index in [4.69, 9.17) is 0 Å². The third kappa shape index (κ3) is 3.68. The molecule has 1 aromatic carbocycles. The van der Waals surface area contributed by atoms with Gasteiger partial charge in [0.25, 0.3) is 0 Å². The highest BCUT2D eigenvalue weighted by molar-refractivity contribution is 7.12. The van der Waals surface area contributed by atoms with Crippen LogP contribution in [0.5, 0.6) is 0 Å². The molecule has 4 heteroatoms. The van der Waals surface area contributed by atoms with E-state index in [9.17, 15) is 9.90 Å². The van der Waals surface area contributed by atoms with Crippen LogP contribution >= 0.6 is 11.3 Å². The Kier molecular flexibility index (Phi) is 5.44. The molecule has 2 aliphatic rings. The van der Waals surface area contributed by atoms with Crippen molar-refractivity contribution in [3.8, 4) is 0 Å². The Labute approximate surface area is 171 Å². The summed E-state index contributed by atoms with van der Waals surface area (Å²) in [4.78, 5) is 16.6. The Bertz CT molecular complexity index is 903. The standard InChI is InChI=1S/C24H29NO2S/c1-24(2,23(26)27)22-16-20-19(10-7-15-25-13-5-6-14-25)18-9-4-3-8-17(18)11-12-21(20)28-22/h3-4,8-10,16H,5-7,11-15H2,1-2H3,(H,26,27)/b19-10-. The molecule has 148 valence electrons. The molecular weight excluding hydrogens is 366 g/mol. The largest absolute Gasteiger partial charge is 0.481 e. The van der Waals surface area contributed by atoms with Crippen LogP contribution in [-0.2, 0) is 23.1 Å². The molecule has 1 fully saturated rings. The first-order valence-corrected chi connectivity index (χ1v) is 11.2. The van der Waals surface area contributed by atoms with E-state index in [1.54, 1.807) is 11.3 Å². The summed E-state index contributed by atoms with van der Waals surface area (Å²) < 4.78 is 0. The van der Waals surface area contributed by atoms with Gasteiger partial charge in [0.2, 0.25) is 0 Å². The molecule has 0 unspecified atom stereocenters. The van der Waals surface area contributed by atoms with Gasteiger partial charge in [-0.25, -0.2) is 0 Å². The van der Waals surface area contributed by atoms with E-state index in [0.717, 1.165) is 30.7 Å². The number of hydrogen-bond acceptors (Lipinski definition) is 3. The first-order valence-electron chi connectivity index (χ1n) is 10.3. The Morgan fingerprint density at radius 3 is 2.68 bits per heavy atom. The molecule has 0 amide bonds. The van der Waals surface area contributed by atoms with Crippen molar-refractivity contribution in [3.63, 3.8) is 0 Å². The molecule has 0 saturated carbocycles. The number of fused-ring (bicyclic) bond motifs is 2. The number of carbonyl (C=O) groups is 1. The molecule has 1 N–H and O–H groups in total. The van der Waals surface area contributed by atoms with Gasteiger partial charge in [-0.3, -0.25) is 4.79 Å². The zero-order valence-corrected chi connectivity index (χ0v) is 17.6. The number of benzene rings is 1. The fourth-order valence-corrected chi connectivity index (χ4v) is 5.54. The van der Waals surface area contributed by atoms with Gasteiger partial charge < -0.3 is 10.0 Å². The quantitative estimate of drug-likeness (QED) is 0.763. The lowest BCUT2D eigenvalue weighted by Gasteiger charge is -2.17. The van der Waals surface area contributed by atoms with E-state index in [1.165, 1.54) is 53.1 Å². The van der Waals surface area contributed by atoms with Crippen LogP contribution in [-0.4, -0.2) is 35.6 Å². The molecule has 2 heterocycles. The zero-order chi connectivity index (χ0) is 19.7. The third-order valence-corrected chi connectivity index (χ3v) is 7.69. The maximum absolute atomic E-state index is 11.8. The van der Waals surface area contributed by atoms with E-state index in [0.29, 0.717) is 0 Å². The molecular formula is C24H29NO2S. The minimum Gasteiger partial charge on any atom is -0.481 e. The second-order valence-electron chi connectivity index (χ2n) is 8.49. The minimum atomic E-state index is -0.850. The Morgan fingerprint density at radius 1 is 1.18 bits per heavy atom. The van der Waals surface area contributed by atoms with Gasteiger partial charge in [-0.1, -0.05) is 30.3 Å². The van der Waals surface area contributed by atoms with Crippen molar-refractivity contribution in [2.75, 3.05) is 19.6 Å². The molecule has 2 aromatic rings. The van der Waals surface area contributed by atoms with E-state index in [-0.39, 0.29) is 0 Å². The lowest BCUT2D eigenvalue weighted by atomic mass is 9.89. The van der Waals surface area contributed by atoms with Crippen LogP contribution in [0.2, 0.25) is 0 Å². The number of rotatable bonds is 5. The summed E-state index contributed by atoms with van der Waals surface area (Å²) in [7, 11) is 0. The van der Waals surface area contributed by atoms with Gasteiger partial charge in [-0.2, -0.15) is 0 Å². The van der Waals surface area contributed by atoms with Crippen LogP contribution in [0.4, 0.5) is 0 Å². The maximum Gasteiger partial charge on any atom is 0.314 e. The van der Waals surface area contributed by atoms with Crippen LogP contribution in [0.25, 0.3) is 5.57 Å². The average molecular weight is 396 g/mol. The summed E-state index contributed by atoms with van der Waals surface area (Å²) in [5.74, 6) is -0.760. The van der Waals surface area contributed by atoms with Crippen LogP contribution in [0.1, 0.15) is 59.6 Å². The van der Waals surface area contributed by atoms with Gasteiger partial charge >= 0.3 is 5.97 Å². The number of aryl methyl sites for hydroxylation is 2. The monoisotopic (exact) mass is 395 g/mol. The zero-order valence-electron chi connectivity index (χ0n) is 16.8. The SMILES string of the molecule is CC(C)(C(=O)O)c1cc2c(s1)CCc1ccccc1/C2=C/CCN1CCCC1. The predicted octanol–water partition coefficient (Wildman–Crippen LogP) is 5.13. The first-order chi connectivity index (χ1) is 13.5. The van der Waals surface area contributed by atoms with Crippen molar-refractivity contribution in [1.82, 2.24) is 4.90 Å². The molecule has 3 nitrogen and oxygen atoms in total. The van der Waals surface area contributed by atoms with Gasteiger partial charge in [-0.15, -0.1) is 11.3 Å². The highest BCUT2D eigenvalue weighted by Gasteiger charge is 2.33. The van der Waals surface area contributed by atoms with Crippen molar-refractivity contribution in [2.24, 2.45) is 0 Å². The van der Waals surface area contributed by atoms with Crippen molar-refractivity contribution in [1.29, 1.82) is 0 Å². The molecule has 28 heavy (non-hydrogen) atoms. The molecule has 0 radical (unpaired) electrons. The van der Waals surface area contributed by atoms with Crippen molar-refractivity contribution >= 4 is 22.9 Å². The van der Waals surface area contributed by atoms with Gasteiger partial charge in [-0.05, 0) is 87.4 Å². The average Bonchev–Trinajstić information content (AvgIpc) is 3.32. The molecule has 1 aliphatic carbocycles. The highest BCUT2D eigenvalue weighted by Crippen LogP contribution is 2.41. The molecule has 4 rings (SSSR count).